The Kier molecular flexibility index (Phi) is 5.74. The molecule has 0 aliphatic rings. The maximum atomic E-state index is 12.7. The molecule has 0 radical (unpaired) electrons. The first kappa shape index (κ1) is 18.6. The average Bonchev–Trinajstić information content (AvgIpc) is 2.49. The van der Waals surface area contributed by atoms with E-state index in [-0.39, 0.29) is 27.3 Å². The van der Waals surface area contributed by atoms with E-state index in [1.165, 1.54) is 32.2 Å². The van der Waals surface area contributed by atoms with Gasteiger partial charge in [0.05, 0.1) is 17.8 Å². The molecule has 6 nitrogen and oxygen atoms in total. The number of halogens is 2. The van der Waals surface area contributed by atoms with E-state index in [9.17, 15) is 13.2 Å². The van der Waals surface area contributed by atoms with Gasteiger partial charge in [-0.15, -0.1) is 0 Å². The molecule has 0 unspecified atom stereocenters. The van der Waals surface area contributed by atoms with Crippen molar-refractivity contribution in [2.45, 2.75) is 11.8 Å². The zero-order valence-corrected chi connectivity index (χ0v) is 15.9. The highest BCUT2D eigenvalue weighted by atomic mass is 79.9. The fourth-order valence-corrected chi connectivity index (χ4v) is 3.99. The van der Waals surface area contributed by atoms with Crippen molar-refractivity contribution in [1.82, 2.24) is 0 Å². The van der Waals surface area contributed by atoms with Gasteiger partial charge in [-0.3, -0.25) is 9.52 Å². The van der Waals surface area contributed by atoms with Crippen LogP contribution in [0.5, 0.6) is 5.75 Å². The zero-order valence-electron chi connectivity index (χ0n) is 12.8. The fourth-order valence-electron chi connectivity index (χ4n) is 1.94. The number of sulfonamides is 1. The molecule has 0 bridgehead atoms. The molecule has 0 aliphatic carbocycles. The Labute approximate surface area is 153 Å². The van der Waals surface area contributed by atoms with Crippen molar-refractivity contribution in [2.75, 3.05) is 17.1 Å². The van der Waals surface area contributed by atoms with Gasteiger partial charge >= 0.3 is 0 Å². The molecule has 0 fully saturated rings. The summed E-state index contributed by atoms with van der Waals surface area (Å²) in [5, 5.41) is 2.77. The summed E-state index contributed by atoms with van der Waals surface area (Å²) in [6.07, 6.45) is 0. The number of hydrogen-bond donors (Lipinski definition) is 2. The van der Waals surface area contributed by atoms with Crippen LogP contribution in [0.2, 0.25) is 5.02 Å². The number of ether oxygens (including phenoxy) is 1. The second kappa shape index (κ2) is 7.42. The molecule has 0 spiro atoms. The lowest BCUT2D eigenvalue weighted by molar-refractivity contribution is -0.114. The minimum absolute atomic E-state index is 0.116. The predicted molar refractivity (Wildman–Crippen MR) is 97.3 cm³/mol. The smallest absolute Gasteiger partial charge is 0.265 e. The third-order valence-corrected chi connectivity index (χ3v) is 5.14. The van der Waals surface area contributed by atoms with Crippen LogP contribution in [-0.2, 0) is 14.8 Å². The first-order chi connectivity index (χ1) is 11.2. The van der Waals surface area contributed by atoms with Crippen molar-refractivity contribution >= 4 is 54.8 Å². The zero-order chi connectivity index (χ0) is 17.9. The Balaban J connectivity index is 2.45. The molecule has 0 aromatic heterocycles. The van der Waals surface area contributed by atoms with E-state index in [0.717, 1.165) is 4.47 Å². The Morgan fingerprint density at radius 3 is 2.50 bits per heavy atom. The van der Waals surface area contributed by atoms with E-state index in [4.69, 9.17) is 16.3 Å². The Bertz CT molecular complexity index is 887. The first-order valence-electron chi connectivity index (χ1n) is 6.66. The SMILES string of the molecule is COc1ccc(NC(C)=O)cc1S(=O)(=O)Nc1ccc(Br)cc1Cl. The van der Waals surface area contributed by atoms with Crippen LogP contribution in [0.25, 0.3) is 0 Å². The number of amides is 1. The van der Waals surface area contributed by atoms with Crippen LogP contribution < -0.4 is 14.8 Å². The van der Waals surface area contributed by atoms with Crippen LogP contribution in [0, 0.1) is 0 Å². The van der Waals surface area contributed by atoms with E-state index in [1.54, 1.807) is 18.2 Å². The first-order valence-corrected chi connectivity index (χ1v) is 9.32. The normalized spacial score (nSPS) is 11.0. The van der Waals surface area contributed by atoms with Crippen LogP contribution in [-0.4, -0.2) is 21.4 Å². The number of methoxy groups -OCH3 is 1. The molecule has 1 amide bonds. The van der Waals surface area contributed by atoms with Gasteiger partial charge in [-0.25, -0.2) is 8.42 Å². The summed E-state index contributed by atoms with van der Waals surface area (Å²) in [7, 11) is -2.62. The van der Waals surface area contributed by atoms with E-state index < -0.39 is 10.0 Å². The second-order valence-corrected chi connectivity index (χ2v) is 7.75. The fraction of sp³-hybridized carbons (Fsp3) is 0.133. The van der Waals surface area contributed by atoms with Gasteiger partial charge in [-0.05, 0) is 36.4 Å². The highest BCUT2D eigenvalue weighted by Gasteiger charge is 2.21. The quantitative estimate of drug-likeness (QED) is 0.749. The predicted octanol–water partition coefficient (Wildman–Crippen LogP) is 3.87. The molecule has 0 saturated carbocycles. The molecular weight excluding hydrogens is 420 g/mol. The molecule has 2 rings (SSSR count). The Hall–Kier alpha value is -1.77. The number of carbonyl (C=O) groups excluding carboxylic acids is 1. The van der Waals surface area contributed by atoms with Crippen LogP contribution in [0.1, 0.15) is 6.92 Å². The topological polar surface area (TPSA) is 84.5 Å². The summed E-state index contributed by atoms with van der Waals surface area (Å²) in [5.41, 5.74) is 0.567. The molecule has 2 N–H and O–H groups in total. The monoisotopic (exact) mass is 432 g/mol. The number of hydrogen-bond acceptors (Lipinski definition) is 4. The van der Waals surface area contributed by atoms with Gasteiger partial charge in [-0.2, -0.15) is 0 Å². The van der Waals surface area contributed by atoms with Crippen molar-refractivity contribution in [1.29, 1.82) is 0 Å². The van der Waals surface area contributed by atoms with Gasteiger partial charge in [0, 0.05) is 17.1 Å². The van der Waals surface area contributed by atoms with Crippen molar-refractivity contribution in [2.24, 2.45) is 0 Å². The lowest BCUT2D eigenvalue weighted by atomic mass is 10.3. The Morgan fingerprint density at radius 2 is 1.92 bits per heavy atom. The summed E-state index contributed by atoms with van der Waals surface area (Å²) >= 11 is 9.31. The summed E-state index contributed by atoms with van der Waals surface area (Å²) in [6, 6.07) is 9.09. The minimum Gasteiger partial charge on any atom is -0.495 e. The summed E-state index contributed by atoms with van der Waals surface area (Å²) in [4.78, 5) is 11.1. The van der Waals surface area contributed by atoms with Gasteiger partial charge < -0.3 is 10.1 Å². The standard InChI is InChI=1S/C15H14BrClN2O4S/c1-9(20)18-11-4-6-14(23-2)15(8-11)24(21,22)19-13-5-3-10(16)7-12(13)17/h3-8,19H,1-2H3,(H,18,20). The third kappa shape index (κ3) is 4.40. The number of rotatable bonds is 5. The molecule has 0 atom stereocenters. The highest BCUT2D eigenvalue weighted by Crippen LogP contribution is 2.32. The summed E-state index contributed by atoms with van der Waals surface area (Å²) < 4.78 is 33.6. The van der Waals surface area contributed by atoms with Gasteiger partial charge in [0.2, 0.25) is 5.91 Å². The van der Waals surface area contributed by atoms with Gasteiger partial charge in [-0.1, -0.05) is 27.5 Å². The molecule has 2 aromatic carbocycles. The number of nitrogens with one attached hydrogen (secondary N) is 2. The second-order valence-electron chi connectivity index (χ2n) is 4.78. The van der Waals surface area contributed by atoms with Crippen LogP contribution in [0.4, 0.5) is 11.4 Å². The van der Waals surface area contributed by atoms with Crippen LogP contribution in [0.15, 0.2) is 45.8 Å². The highest BCUT2D eigenvalue weighted by molar-refractivity contribution is 9.10. The number of carbonyl (C=O) groups is 1. The molecule has 0 aliphatic heterocycles. The molecule has 0 saturated heterocycles. The van der Waals surface area contributed by atoms with E-state index in [0.29, 0.717) is 5.69 Å². The summed E-state index contributed by atoms with van der Waals surface area (Å²) in [6.45, 7) is 1.33. The maximum absolute atomic E-state index is 12.7. The van der Waals surface area contributed by atoms with Crippen molar-refractivity contribution in [3.05, 3.63) is 45.9 Å². The molecule has 24 heavy (non-hydrogen) atoms. The summed E-state index contributed by atoms with van der Waals surface area (Å²) in [5.74, 6) is -0.169. The van der Waals surface area contributed by atoms with Gasteiger partial charge in [0.1, 0.15) is 10.6 Å². The van der Waals surface area contributed by atoms with E-state index in [1.807, 2.05) is 0 Å². The van der Waals surface area contributed by atoms with Crippen molar-refractivity contribution in [3.8, 4) is 5.75 Å². The molecular formula is C15H14BrClN2O4S. The molecule has 0 heterocycles. The Morgan fingerprint density at radius 1 is 1.21 bits per heavy atom. The molecule has 128 valence electrons. The van der Waals surface area contributed by atoms with Crippen LogP contribution in [0.3, 0.4) is 0 Å². The lowest BCUT2D eigenvalue weighted by Crippen LogP contribution is -2.15. The lowest BCUT2D eigenvalue weighted by Gasteiger charge is -2.14. The minimum atomic E-state index is -3.98. The average molecular weight is 434 g/mol. The van der Waals surface area contributed by atoms with Crippen molar-refractivity contribution in [3.63, 3.8) is 0 Å². The van der Waals surface area contributed by atoms with Gasteiger partial charge in [0.15, 0.2) is 0 Å². The van der Waals surface area contributed by atoms with E-state index >= 15 is 0 Å². The maximum Gasteiger partial charge on any atom is 0.265 e. The third-order valence-electron chi connectivity index (χ3n) is 2.95. The van der Waals surface area contributed by atoms with Crippen LogP contribution >= 0.6 is 27.5 Å². The van der Waals surface area contributed by atoms with Crippen molar-refractivity contribution < 1.29 is 17.9 Å². The largest absolute Gasteiger partial charge is 0.495 e. The van der Waals surface area contributed by atoms with E-state index in [2.05, 4.69) is 26.0 Å². The number of anilines is 2. The number of benzene rings is 2. The molecule has 2 aromatic rings. The molecule has 9 heteroatoms. The van der Waals surface area contributed by atoms with Gasteiger partial charge in [0.25, 0.3) is 10.0 Å².